The van der Waals surface area contributed by atoms with Crippen molar-refractivity contribution in [2.75, 3.05) is 6.54 Å². The molecule has 0 amide bonds. The molecule has 21 heavy (non-hydrogen) atoms. The highest BCUT2D eigenvalue weighted by molar-refractivity contribution is 5.27. The normalized spacial score (nSPS) is 11.8. The van der Waals surface area contributed by atoms with Gasteiger partial charge in [-0.1, -0.05) is 52.0 Å². The van der Waals surface area contributed by atoms with Gasteiger partial charge in [-0.3, -0.25) is 4.68 Å². The Morgan fingerprint density at radius 2 is 1.81 bits per heavy atom. The first-order chi connectivity index (χ1) is 9.99. The monoisotopic (exact) mass is 285 g/mol. The van der Waals surface area contributed by atoms with Gasteiger partial charge >= 0.3 is 0 Å². The van der Waals surface area contributed by atoms with Gasteiger partial charge in [-0.25, -0.2) is 0 Å². The molecule has 0 saturated carbocycles. The molecular weight excluding hydrogens is 258 g/mol. The predicted molar refractivity (Wildman–Crippen MR) is 88.5 cm³/mol. The molecule has 0 fully saturated rings. The Morgan fingerprint density at radius 3 is 2.43 bits per heavy atom. The molecule has 0 spiro atoms. The first kappa shape index (κ1) is 15.8. The molecule has 2 rings (SSSR count). The Hall–Kier alpha value is -1.61. The van der Waals surface area contributed by atoms with Gasteiger partial charge in [0.05, 0.1) is 12.7 Å². The SMILES string of the molecule is CCCNCc1cnn(Cc2ccc(C(C)(C)C)cc2)c1. The summed E-state index contributed by atoms with van der Waals surface area (Å²) in [5.74, 6) is 0. The van der Waals surface area contributed by atoms with Crippen molar-refractivity contribution in [2.45, 2.75) is 52.6 Å². The van der Waals surface area contributed by atoms with Crippen molar-refractivity contribution >= 4 is 0 Å². The van der Waals surface area contributed by atoms with Crippen LogP contribution in [0.3, 0.4) is 0 Å². The number of aromatic nitrogens is 2. The average Bonchev–Trinajstić information content (AvgIpc) is 2.86. The summed E-state index contributed by atoms with van der Waals surface area (Å²) < 4.78 is 2.01. The van der Waals surface area contributed by atoms with Crippen LogP contribution >= 0.6 is 0 Å². The molecule has 0 aliphatic carbocycles. The van der Waals surface area contributed by atoms with E-state index < -0.39 is 0 Å². The van der Waals surface area contributed by atoms with E-state index in [0.29, 0.717) is 0 Å². The molecule has 1 aromatic heterocycles. The van der Waals surface area contributed by atoms with Gasteiger partial charge in [-0.05, 0) is 29.5 Å². The fourth-order valence-corrected chi connectivity index (χ4v) is 2.29. The maximum Gasteiger partial charge on any atom is 0.0659 e. The van der Waals surface area contributed by atoms with Gasteiger partial charge in [0.25, 0.3) is 0 Å². The van der Waals surface area contributed by atoms with Crippen LogP contribution in [0.15, 0.2) is 36.7 Å². The molecule has 2 aromatic rings. The standard InChI is InChI=1S/C18H27N3/c1-5-10-19-11-16-12-20-21(14-16)13-15-6-8-17(9-7-15)18(2,3)4/h6-9,12,14,19H,5,10-11,13H2,1-4H3. The fraction of sp³-hybridized carbons (Fsp3) is 0.500. The number of benzene rings is 1. The van der Waals surface area contributed by atoms with Crippen molar-refractivity contribution in [3.05, 3.63) is 53.3 Å². The number of nitrogens with zero attached hydrogens (tertiary/aromatic N) is 2. The summed E-state index contributed by atoms with van der Waals surface area (Å²) in [5, 5.41) is 7.84. The number of hydrogen-bond acceptors (Lipinski definition) is 2. The summed E-state index contributed by atoms with van der Waals surface area (Å²) in [6.45, 7) is 11.7. The summed E-state index contributed by atoms with van der Waals surface area (Å²) in [6.07, 6.45) is 5.24. The molecule has 3 nitrogen and oxygen atoms in total. The molecule has 0 unspecified atom stereocenters. The summed E-state index contributed by atoms with van der Waals surface area (Å²) >= 11 is 0. The van der Waals surface area contributed by atoms with E-state index in [2.05, 4.69) is 68.6 Å². The molecule has 0 bridgehead atoms. The van der Waals surface area contributed by atoms with Crippen LogP contribution in [0.25, 0.3) is 0 Å². The molecule has 0 aliphatic rings. The van der Waals surface area contributed by atoms with E-state index in [4.69, 9.17) is 0 Å². The maximum atomic E-state index is 4.44. The quantitative estimate of drug-likeness (QED) is 0.820. The van der Waals surface area contributed by atoms with Crippen LogP contribution in [0.4, 0.5) is 0 Å². The minimum atomic E-state index is 0.211. The first-order valence-electron chi connectivity index (χ1n) is 7.80. The molecule has 1 heterocycles. The Balaban J connectivity index is 1.95. The summed E-state index contributed by atoms with van der Waals surface area (Å²) in [6, 6.07) is 8.86. The highest BCUT2D eigenvalue weighted by Gasteiger charge is 2.12. The van der Waals surface area contributed by atoms with Crippen LogP contribution < -0.4 is 5.32 Å². The van der Waals surface area contributed by atoms with Crippen LogP contribution in [0.1, 0.15) is 50.8 Å². The molecular formula is C18H27N3. The average molecular weight is 285 g/mol. The van der Waals surface area contributed by atoms with Crippen LogP contribution in [0.2, 0.25) is 0 Å². The van der Waals surface area contributed by atoms with Gasteiger partial charge in [0.1, 0.15) is 0 Å². The number of nitrogens with one attached hydrogen (secondary N) is 1. The Bertz CT molecular complexity index is 547. The molecule has 1 N–H and O–H groups in total. The first-order valence-corrected chi connectivity index (χ1v) is 7.80. The van der Waals surface area contributed by atoms with Gasteiger partial charge in [-0.15, -0.1) is 0 Å². The topological polar surface area (TPSA) is 29.9 Å². The highest BCUT2D eigenvalue weighted by Crippen LogP contribution is 2.22. The van der Waals surface area contributed by atoms with E-state index >= 15 is 0 Å². The third kappa shape index (κ3) is 4.71. The molecule has 114 valence electrons. The van der Waals surface area contributed by atoms with Crippen LogP contribution in [0.5, 0.6) is 0 Å². The smallest absolute Gasteiger partial charge is 0.0659 e. The Kier molecular flexibility index (Phi) is 5.18. The lowest BCUT2D eigenvalue weighted by Gasteiger charge is -2.19. The van der Waals surface area contributed by atoms with Crippen LogP contribution in [-0.2, 0) is 18.5 Å². The minimum Gasteiger partial charge on any atom is -0.313 e. The van der Waals surface area contributed by atoms with Crippen molar-refractivity contribution in [3.63, 3.8) is 0 Å². The second-order valence-electron chi connectivity index (χ2n) is 6.67. The van der Waals surface area contributed by atoms with E-state index in [0.717, 1.165) is 26.1 Å². The van der Waals surface area contributed by atoms with Gasteiger partial charge in [-0.2, -0.15) is 5.10 Å². The van der Waals surface area contributed by atoms with Crippen LogP contribution in [-0.4, -0.2) is 16.3 Å². The van der Waals surface area contributed by atoms with Crippen LogP contribution in [0, 0.1) is 0 Å². The summed E-state index contributed by atoms with van der Waals surface area (Å²) in [4.78, 5) is 0. The molecule has 0 saturated heterocycles. The molecule has 0 aliphatic heterocycles. The predicted octanol–water partition coefficient (Wildman–Crippen LogP) is 3.73. The lowest BCUT2D eigenvalue weighted by Crippen LogP contribution is -2.13. The molecule has 3 heteroatoms. The number of rotatable bonds is 6. The third-order valence-corrected chi connectivity index (χ3v) is 3.61. The van der Waals surface area contributed by atoms with Crippen molar-refractivity contribution in [3.8, 4) is 0 Å². The van der Waals surface area contributed by atoms with E-state index in [9.17, 15) is 0 Å². The van der Waals surface area contributed by atoms with E-state index in [1.807, 2.05) is 10.9 Å². The molecule has 1 aromatic carbocycles. The second-order valence-corrected chi connectivity index (χ2v) is 6.67. The largest absolute Gasteiger partial charge is 0.313 e. The zero-order valence-corrected chi connectivity index (χ0v) is 13.7. The summed E-state index contributed by atoms with van der Waals surface area (Å²) in [7, 11) is 0. The van der Waals surface area contributed by atoms with E-state index in [-0.39, 0.29) is 5.41 Å². The van der Waals surface area contributed by atoms with Gasteiger partial charge in [0.2, 0.25) is 0 Å². The van der Waals surface area contributed by atoms with E-state index in [1.165, 1.54) is 16.7 Å². The van der Waals surface area contributed by atoms with Crippen molar-refractivity contribution in [2.24, 2.45) is 0 Å². The third-order valence-electron chi connectivity index (χ3n) is 3.61. The Morgan fingerprint density at radius 1 is 1.10 bits per heavy atom. The lowest BCUT2D eigenvalue weighted by molar-refractivity contribution is 0.589. The molecule has 0 radical (unpaired) electrons. The molecule has 0 atom stereocenters. The van der Waals surface area contributed by atoms with Crippen molar-refractivity contribution in [1.82, 2.24) is 15.1 Å². The van der Waals surface area contributed by atoms with Gasteiger partial charge in [0.15, 0.2) is 0 Å². The Labute approximate surface area is 128 Å². The fourth-order valence-electron chi connectivity index (χ4n) is 2.29. The minimum absolute atomic E-state index is 0.211. The van der Waals surface area contributed by atoms with Gasteiger partial charge < -0.3 is 5.32 Å². The lowest BCUT2D eigenvalue weighted by atomic mass is 9.87. The maximum absolute atomic E-state index is 4.44. The van der Waals surface area contributed by atoms with Crippen molar-refractivity contribution in [1.29, 1.82) is 0 Å². The number of hydrogen-bond donors (Lipinski definition) is 1. The van der Waals surface area contributed by atoms with Gasteiger partial charge in [0, 0.05) is 18.3 Å². The zero-order valence-electron chi connectivity index (χ0n) is 13.7. The highest BCUT2D eigenvalue weighted by atomic mass is 15.3. The summed E-state index contributed by atoms with van der Waals surface area (Å²) in [5.41, 5.74) is 4.12. The zero-order chi connectivity index (χ0) is 15.3. The van der Waals surface area contributed by atoms with E-state index in [1.54, 1.807) is 0 Å². The van der Waals surface area contributed by atoms with Crippen molar-refractivity contribution < 1.29 is 0 Å². The second kappa shape index (κ2) is 6.90.